The van der Waals surface area contributed by atoms with Crippen molar-refractivity contribution in [3.8, 4) is 11.5 Å². The summed E-state index contributed by atoms with van der Waals surface area (Å²) >= 11 is 3.43. The van der Waals surface area contributed by atoms with Gasteiger partial charge in [-0.25, -0.2) is 0 Å². The molecule has 1 unspecified atom stereocenters. The molecule has 100 valence electrons. The summed E-state index contributed by atoms with van der Waals surface area (Å²) in [4.78, 5) is 0. The number of ether oxygens (including phenoxy) is 1. The summed E-state index contributed by atoms with van der Waals surface area (Å²) in [6, 6.07) is 14.1. The van der Waals surface area contributed by atoms with Gasteiger partial charge in [-0.1, -0.05) is 28.1 Å². The lowest BCUT2D eigenvalue weighted by Crippen LogP contribution is -2.18. The first-order valence-electron chi connectivity index (χ1n) is 6.33. The van der Waals surface area contributed by atoms with Gasteiger partial charge in [0.25, 0.3) is 0 Å². The Bertz CT molecular complexity index is 566. The van der Waals surface area contributed by atoms with Crippen LogP contribution < -0.4 is 10.5 Å². The van der Waals surface area contributed by atoms with E-state index in [2.05, 4.69) is 35.0 Å². The molecule has 0 radical (unpaired) electrons. The molecule has 2 aromatic carbocycles. The van der Waals surface area contributed by atoms with Crippen LogP contribution in [0.2, 0.25) is 0 Å². The van der Waals surface area contributed by atoms with Crippen molar-refractivity contribution in [3.05, 3.63) is 58.1 Å². The average molecular weight is 320 g/mol. The molecule has 0 aliphatic rings. The highest BCUT2D eigenvalue weighted by Gasteiger charge is 2.04. The van der Waals surface area contributed by atoms with Crippen LogP contribution in [0, 0.1) is 6.92 Å². The van der Waals surface area contributed by atoms with Crippen LogP contribution in [0.3, 0.4) is 0 Å². The molecule has 0 bridgehead atoms. The lowest BCUT2D eigenvalue weighted by molar-refractivity contribution is 0.481. The van der Waals surface area contributed by atoms with Crippen LogP contribution in [0.5, 0.6) is 11.5 Å². The van der Waals surface area contributed by atoms with Crippen LogP contribution in [0.25, 0.3) is 0 Å². The highest BCUT2D eigenvalue weighted by Crippen LogP contribution is 2.26. The Morgan fingerprint density at radius 2 is 1.89 bits per heavy atom. The minimum Gasteiger partial charge on any atom is -0.457 e. The topological polar surface area (TPSA) is 35.2 Å². The number of hydrogen-bond acceptors (Lipinski definition) is 2. The van der Waals surface area contributed by atoms with E-state index in [4.69, 9.17) is 10.5 Å². The number of nitrogens with two attached hydrogens (primary N) is 1. The summed E-state index contributed by atoms with van der Waals surface area (Å²) in [6.07, 6.45) is 0.892. The van der Waals surface area contributed by atoms with E-state index in [9.17, 15) is 0 Å². The Morgan fingerprint density at radius 3 is 2.53 bits per heavy atom. The third-order valence-corrected chi connectivity index (χ3v) is 3.38. The van der Waals surface area contributed by atoms with E-state index in [-0.39, 0.29) is 6.04 Å². The Kier molecular flexibility index (Phi) is 4.61. The van der Waals surface area contributed by atoms with Gasteiger partial charge in [0.1, 0.15) is 11.5 Å². The standard InChI is InChI=1S/C16H18BrNO/c1-11-8-16(7-6-13(11)9-12(2)18)19-15-5-3-4-14(17)10-15/h3-8,10,12H,9,18H2,1-2H3. The van der Waals surface area contributed by atoms with E-state index in [1.165, 1.54) is 11.1 Å². The van der Waals surface area contributed by atoms with Crippen molar-refractivity contribution in [1.82, 2.24) is 0 Å². The van der Waals surface area contributed by atoms with Crippen molar-refractivity contribution in [1.29, 1.82) is 0 Å². The largest absolute Gasteiger partial charge is 0.457 e. The molecule has 3 heteroatoms. The molecule has 2 aromatic rings. The predicted molar refractivity (Wildman–Crippen MR) is 82.7 cm³/mol. The van der Waals surface area contributed by atoms with Crippen molar-refractivity contribution >= 4 is 15.9 Å². The van der Waals surface area contributed by atoms with Crippen LogP contribution in [0.15, 0.2) is 46.9 Å². The fraction of sp³-hybridized carbons (Fsp3) is 0.250. The molecule has 2 N–H and O–H groups in total. The first kappa shape index (κ1) is 14.1. The van der Waals surface area contributed by atoms with Crippen molar-refractivity contribution in [3.63, 3.8) is 0 Å². The van der Waals surface area contributed by atoms with Gasteiger partial charge < -0.3 is 10.5 Å². The third kappa shape index (κ3) is 4.08. The molecular formula is C16H18BrNO. The molecule has 0 heterocycles. The van der Waals surface area contributed by atoms with Crippen LogP contribution >= 0.6 is 15.9 Å². The zero-order chi connectivity index (χ0) is 13.8. The van der Waals surface area contributed by atoms with E-state index >= 15 is 0 Å². The Labute approximate surface area is 122 Å². The first-order chi connectivity index (χ1) is 9.04. The maximum Gasteiger partial charge on any atom is 0.128 e. The SMILES string of the molecule is Cc1cc(Oc2cccc(Br)c2)ccc1CC(C)N. The third-order valence-electron chi connectivity index (χ3n) is 2.89. The second-order valence-electron chi connectivity index (χ2n) is 4.83. The minimum absolute atomic E-state index is 0.176. The number of hydrogen-bond donors (Lipinski definition) is 1. The van der Waals surface area contributed by atoms with Gasteiger partial charge in [-0.05, 0) is 61.7 Å². The van der Waals surface area contributed by atoms with Crippen LogP contribution in [-0.4, -0.2) is 6.04 Å². The molecule has 2 rings (SSSR count). The van der Waals surface area contributed by atoms with Crippen molar-refractivity contribution in [2.45, 2.75) is 26.3 Å². The molecule has 0 fully saturated rings. The lowest BCUT2D eigenvalue weighted by atomic mass is 10.0. The highest BCUT2D eigenvalue weighted by atomic mass is 79.9. The summed E-state index contributed by atoms with van der Waals surface area (Å²) in [5.41, 5.74) is 8.32. The number of halogens is 1. The van der Waals surface area contributed by atoms with E-state index in [1.54, 1.807) is 0 Å². The van der Waals surface area contributed by atoms with Crippen LogP contribution in [0.4, 0.5) is 0 Å². The monoisotopic (exact) mass is 319 g/mol. The van der Waals surface area contributed by atoms with Gasteiger partial charge in [0, 0.05) is 10.5 Å². The molecule has 0 amide bonds. The molecule has 0 saturated heterocycles. The molecule has 1 atom stereocenters. The maximum absolute atomic E-state index is 5.84. The zero-order valence-electron chi connectivity index (χ0n) is 11.2. The van der Waals surface area contributed by atoms with Crippen molar-refractivity contribution < 1.29 is 4.74 Å². The lowest BCUT2D eigenvalue weighted by Gasteiger charge is -2.11. The zero-order valence-corrected chi connectivity index (χ0v) is 12.8. The van der Waals surface area contributed by atoms with E-state index in [0.717, 1.165) is 22.4 Å². The predicted octanol–water partition coefficient (Wildman–Crippen LogP) is 4.44. The Hall–Kier alpha value is -1.32. The van der Waals surface area contributed by atoms with Gasteiger partial charge in [0.15, 0.2) is 0 Å². The molecular weight excluding hydrogens is 302 g/mol. The summed E-state index contributed by atoms with van der Waals surface area (Å²) in [5, 5.41) is 0. The molecule has 0 aromatic heterocycles. The molecule has 0 spiro atoms. The molecule has 19 heavy (non-hydrogen) atoms. The molecule has 0 saturated carbocycles. The van der Waals surface area contributed by atoms with Gasteiger partial charge in [0.2, 0.25) is 0 Å². The Balaban J connectivity index is 2.16. The van der Waals surface area contributed by atoms with Crippen LogP contribution in [-0.2, 0) is 6.42 Å². The number of aryl methyl sites for hydroxylation is 1. The molecule has 0 aliphatic heterocycles. The summed E-state index contributed by atoms with van der Waals surface area (Å²) in [7, 11) is 0. The van der Waals surface area contributed by atoms with Gasteiger partial charge in [-0.2, -0.15) is 0 Å². The van der Waals surface area contributed by atoms with Crippen LogP contribution in [0.1, 0.15) is 18.1 Å². The molecule has 0 aliphatic carbocycles. The van der Waals surface area contributed by atoms with Crippen molar-refractivity contribution in [2.24, 2.45) is 5.73 Å². The summed E-state index contributed by atoms with van der Waals surface area (Å²) < 4.78 is 6.85. The number of benzene rings is 2. The second-order valence-corrected chi connectivity index (χ2v) is 5.74. The first-order valence-corrected chi connectivity index (χ1v) is 7.12. The van der Waals surface area contributed by atoms with Crippen molar-refractivity contribution in [2.75, 3.05) is 0 Å². The number of rotatable bonds is 4. The minimum atomic E-state index is 0.176. The van der Waals surface area contributed by atoms with Gasteiger partial charge >= 0.3 is 0 Å². The quantitative estimate of drug-likeness (QED) is 0.904. The van der Waals surface area contributed by atoms with Gasteiger partial charge in [0.05, 0.1) is 0 Å². The Morgan fingerprint density at radius 1 is 1.16 bits per heavy atom. The fourth-order valence-corrected chi connectivity index (χ4v) is 2.35. The average Bonchev–Trinajstić information content (AvgIpc) is 2.32. The summed E-state index contributed by atoms with van der Waals surface area (Å²) in [5.74, 6) is 1.68. The van der Waals surface area contributed by atoms with E-state index in [0.29, 0.717) is 0 Å². The molecule has 2 nitrogen and oxygen atoms in total. The maximum atomic E-state index is 5.84. The summed E-state index contributed by atoms with van der Waals surface area (Å²) in [6.45, 7) is 4.11. The van der Waals surface area contributed by atoms with Gasteiger partial charge in [-0.15, -0.1) is 0 Å². The second kappa shape index (κ2) is 6.22. The normalized spacial score (nSPS) is 12.2. The smallest absolute Gasteiger partial charge is 0.128 e. The fourth-order valence-electron chi connectivity index (χ4n) is 1.97. The van der Waals surface area contributed by atoms with E-state index < -0.39 is 0 Å². The van der Waals surface area contributed by atoms with Gasteiger partial charge in [-0.3, -0.25) is 0 Å². The highest BCUT2D eigenvalue weighted by molar-refractivity contribution is 9.10. The van der Waals surface area contributed by atoms with E-state index in [1.807, 2.05) is 37.3 Å².